The maximum absolute atomic E-state index is 2.42. The Morgan fingerprint density at radius 3 is 2.21 bits per heavy atom. The lowest BCUT2D eigenvalue weighted by Gasteiger charge is -2.31. The average Bonchev–Trinajstić information content (AvgIpc) is 2.73. The van der Waals surface area contributed by atoms with Crippen LogP contribution in [0.3, 0.4) is 0 Å². The number of rotatable bonds is 5. The van der Waals surface area contributed by atoms with Gasteiger partial charge in [-0.2, -0.15) is 0 Å². The van der Waals surface area contributed by atoms with E-state index in [0.29, 0.717) is 5.41 Å². The Morgan fingerprint density at radius 2 is 1.86 bits per heavy atom. The molecule has 1 aliphatic carbocycles. The maximum Gasteiger partial charge on any atom is -0.0354 e. The Morgan fingerprint density at radius 1 is 1.29 bits per heavy atom. The van der Waals surface area contributed by atoms with Crippen LogP contribution in [0.2, 0.25) is 0 Å². The molecule has 1 rings (SSSR count). The van der Waals surface area contributed by atoms with Crippen molar-refractivity contribution < 1.29 is 0 Å². The molecule has 0 aliphatic heterocycles. The molecule has 3 atom stereocenters. The van der Waals surface area contributed by atoms with Crippen LogP contribution in [0.5, 0.6) is 0 Å². The van der Waals surface area contributed by atoms with Crippen LogP contribution in [0.1, 0.15) is 66.7 Å². The van der Waals surface area contributed by atoms with Crippen LogP contribution in [0.25, 0.3) is 0 Å². The quantitative estimate of drug-likeness (QED) is 0.587. The van der Waals surface area contributed by atoms with E-state index in [1.807, 2.05) is 0 Å². The largest absolute Gasteiger partial charge is 0.0654 e. The van der Waals surface area contributed by atoms with Crippen LogP contribution in [-0.4, -0.2) is 0 Å². The lowest BCUT2D eigenvalue weighted by molar-refractivity contribution is 0.196. The topological polar surface area (TPSA) is 0 Å². The summed E-state index contributed by atoms with van der Waals surface area (Å²) in [6, 6.07) is 0. The third-order valence-electron chi connectivity index (χ3n) is 3.99. The van der Waals surface area contributed by atoms with Gasteiger partial charge in [-0.1, -0.05) is 47.5 Å². The average molecular weight is 196 g/mol. The van der Waals surface area contributed by atoms with Crippen molar-refractivity contribution in [2.24, 2.45) is 23.2 Å². The van der Waals surface area contributed by atoms with E-state index in [9.17, 15) is 0 Å². The van der Waals surface area contributed by atoms with E-state index in [1.165, 1.54) is 32.1 Å². The van der Waals surface area contributed by atoms with Gasteiger partial charge in [0, 0.05) is 0 Å². The van der Waals surface area contributed by atoms with Gasteiger partial charge in [0.05, 0.1) is 0 Å². The second-order valence-electron chi connectivity index (χ2n) is 6.41. The van der Waals surface area contributed by atoms with Crippen molar-refractivity contribution in [3.05, 3.63) is 0 Å². The molecular formula is C14H28. The summed E-state index contributed by atoms with van der Waals surface area (Å²) in [5, 5.41) is 0. The normalized spacial score (nSPS) is 28.9. The molecule has 0 nitrogen and oxygen atoms in total. The predicted octanol–water partition coefficient (Wildman–Crippen LogP) is 4.89. The van der Waals surface area contributed by atoms with Gasteiger partial charge >= 0.3 is 0 Å². The molecule has 0 aromatic carbocycles. The fourth-order valence-electron chi connectivity index (χ4n) is 2.45. The highest BCUT2D eigenvalue weighted by atomic mass is 14.4. The molecular weight excluding hydrogens is 168 g/mol. The monoisotopic (exact) mass is 196 g/mol. The molecule has 84 valence electrons. The summed E-state index contributed by atoms with van der Waals surface area (Å²) in [5.74, 6) is 3.05. The van der Waals surface area contributed by atoms with Gasteiger partial charge in [-0.25, -0.2) is 0 Å². The maximum atomic E-state index is 2.42. The summed E-state index contributed by atoms with van der Waals surface area (Å²) < 4.78 is 0. The third-order valence-corrected chi connectivity index (χ3v) is 3.99. The van der Waals surface area contributed by atoms with Gasteiger partial charge in [0.25, 0.3) is 0 Å². The van der Waals surface area contributed by atoms with Crippen LogP contribution < -0.4 is 0 Å². The van der Waals surface area contributed by atoms with Crippen molar-refractivity contribution in [1.82, 2.24) is 0 Å². The molecule has 0 heterocycles. The van der Waals surface area contributed by atoms with Gasteiger partial charge in [-0.3, -0.25) is 0 Å². The standard InChI is InChI=1S/C14H28/c1-6-7-8-13(14(3,4)5)10-12-9-11(12)2/h11-13H,6-10H2,1-5H3. The second kappa shape index (κ2) is 4.68. The Hall–Kier alpha value is 0. The zero-order valence-corrected chi connectivity index (χ0v) is 10.8. The molecule has 3 unspecified atom stereocenters. The molecule has 0 bridgehead atoms. The minimum absolute atomic E-state index is 0.525. The van der Waals surface area contributed by atoms with E-state index in [1.54, 1.807) is 0 Å². The molecule has 1 fully saturated rings. The molecule has 0 heteroatoms. The molecule has 0 spiro atoms. The van der Waals surface area contributed by atoms with E-state index in [-0.39, 0.29) is 0 Å². The SMILES string of the molecule is CCCCC(CC1CC1C)C(C)(C)C. The lowest BCUT2D eigenvalue weighted by atomic mass is 9.75. The Kier molecular flexibility index (Phi) is 4.04. The summed E-state index contributed by atoms with van der Waals surface area (Å²) in [6.45, 7) is 12.0. The summed E-state index contributed by atoms with van der Waals surface area (Å²) in [6.07, 6.45) is 7.21. The summed E-state index contributed by atoms with van der Waals surface area (Å²) in [5.41, 5.74) is 0.525. The number of unbranched alkanes of at least 4 members (excludes halogenated alkanes) is 1. The molecule has 0 aromatic heterocycles. The zero-order chi connectivity index (χ0) is 10.8. The summed E-state index contributed by atoms with van der Waals surface area (Å²) in [4.78, 5) is 0. The molecule has 0 radical (unpaired) electrons. The van der Waals surface area contributed by atoms with Gasteiger partial charge < -0.3 is 0 Å². The van der Waals surface area contributed by atoms with E-state index in [2.05, 4.69) is 34.6 Å². The second-order valence-corrected chi connectivity index (χ2v) is 6.41. The lowest BCUT2D eigenvalue weighted by Crippen LogP contribution is -2.21. The van der Waals surface area contributed by atoms with E-state index < -0.39 is 0 Å². The van der Waals surface area contributed by atoms with Gasteiger partial charge in [0.15, 0.2) is 0 Å². The van der Waals surface area contributed by atoms with E-state index in [0.717, 1.165) is 17.8 Å². The molecule has 0 aromatic rings. The Labute approximate surface area is 90.5 Å². The van der Waals surface area contributed by atoms with E-state index >= 15 is 0 Å². The van der Waals surface area contributed by atoms with Gasteiger partial charge in [-0.05, 0) is 42.4 Å². The van der Waals surface area contributed by atoms with Crippen molar-refractivity contribution >= 4 is 0 Å². The predicted molar refractivity (Wildman–Crippen MR) is 64.4 cm³/mol. The van der Waals surface area contributed by atoms with Crippen molar-refractivity contribution in [2.45, 2.75) is 66.7 Å². The molecule has 0 amide bonds. The highest BCUT2D eigenvalue weighted by molar-refractivity contribution is 4.87. The Balaban J connectivity index is 2.36. The van der Waals surface area contributed by atoms with E-state index in [4.69, 9.17) is 0 Å². The summed E-state index contributed by atoms with van der Waals surface area (Å²) >= 11 is 0. The minimum Gasteiger partial charge on any atom is -0.0654 e. The van der Waals surface area contributed by atoms with Crippen LogP contribution in [0.4, 0.5) is 0 Å². The van der Waals surface area contributed by atoms with Crippen molar-refractivity contribution in [3.8, 4) is 0 Å². The van der Waals surface area contributed by atoms with Crippen LogP contribution in [-0.2, 0) is 0 Å². The number of hydrogen-bond acceptors (Lipinski definition) is 0. The first kappa shape index (κ1) is 12.1. The summed E-state index contributed by atoms with van der Waals surface area (Å²) in [7, 11) is 0. The highest BCUT2D eigenvalue weighted by Crippen LogP contribution is 2.47. The third kappa shape index (κ3) is 3.63. The van der Waals surface area contributed by atoms with Crippen LogP contribution in [0.15, 0.2) is 0 Å². The Bertz CT molecular complexity index is 163. The molecule has 0 N–H and O–H groups in total. The fraction of sp³-hybridized carbons (Fsp3) is 1.00. The van der Waals surface area contributed by atoms with Gasteiger partial charge in [-0.15, -0.1) is 0 Å². The highest BCUT2D eigenvalue weighted by Gasteiger charge is 2.37. The minimum atomic E-state index is 0.525. The van der Waals surface area contributed by atoms with Gasteiger partial charge in [0.1, 0.15) is 0 Å². The van der Waals surface area contributed by atoms with Crippen molar-refractivity contribution in [2.75, 3.05) is 0 Å². The van der Waals surface area contributed by atoms with Crippen LogP contribution >= 0.6 is 0 Å². The molecule has 1 aliphatic rings. The first-order chi connectivity index (χ1) is 6.45. The van der Waals surface area contributed by atoms with Gasteiger partial charge in [0.2, 0.25) is 0 Å². The number of hydrogen-bond donors (Lipinski definition) is 0. The smallest absolute Gasteiger partial charge is 0.0354 e. The molecule has 0 saturated heterocycles. The van der Waals surface area contributed by atoms with Crippen molar-refractivity contribution in [1.29, 1.82) is 0 Å². The fourth-order valence-corrected chi connectivity index (χ4v) is 2.45. The molecule has 1 saturated carbocycles. The zero-order valence-electron chi connectivity index (χ0n) is 10.8. The first-order valence-electron chi connectivity index (χ1n) is 6.45. The molecule has 14 heavy (non-hydrogen) atoms. The van der Waals surface area contributed by atoms with Crippen LogP contribution in [0, 0.1) is 23.2 Å². The van der Waals surface area contributed by atoms with Crippen molar-refractivity contribution in [3.63, 3.8) is 0 Å². The first-order valence-corrected chi connectivity index (χ1v) is 6.45.